The minimum Gasteiger partial charge on any atom is -0.299 e. The second-order valence-electron chi connectivity index (χ2n) is 5.64. The molecule has 0 spiro atoms. The maximum Gasteiger partial charge on any atom is 0.416 e. The van der Waals surface area contributed by atoms with E-state index in [0.29, 0.717) is 32.2 Å². The van der Waals surface area contributed by atoms with Crippen molar-refractivity contribution in [2.45, 2.75) is 38.1 Å². The molecule has 0 aliphatic rings. The van der Waals surface area contributed by atoms with Crippen LogP contribution in [0.3, 0.4) is 0 Å². The van der Waals surface area contributed by atoms with Gasteiger partial charge in [0.15, 0.2) is 6.10 Å². The van der Waals surface area contributed by atoms with Gasteiger partial charge in [0.2, 0.25) is 0 Å². The fourth-order valence-electron chi connectivity index (χ4n) is 2.27. The molecule has 25 heavy (non-hydrogen) atoms. The highest BCUT2D eigenvalue weighted by atomic mass is 32.2. The highest BCUT2D eigenvalue weighted by molar-refractivity contribution is 7.86. The Labute approximate surface area is 146 Å². The Balaban J connectivity index is 2.75. The summed E-state index contributed by atoms with van der Waals surface area (Å²) in [4.78, 5) is 1.76. The van der Waals surface area contributed by atoms with Gasteiger partial charge in [0.05, 0.1) is 12.3 Å². The van der Waals surface area contributed by atoms with E-state index in [1.165, 1.54) is 0 Å². The number of rotatable bonds is 10. The Morgan fingerprint density at radius 2 is 1.88 bits per heavy atom. The van der Waals surface area contributed by atoms with Gasteiger partial charge >= 0.3 is 6.18 Å². The van der Waals surface area contributed by atoms with Gasteiger partial charge < -0.3 is 0 Å². The lowest BCUT2D eigenvalue weighted by atomic mass is 10.1. The number of halogens is 3. The lowest BCUT2D eigenvalue weighted by Crippen LogP contribution is -2.37. The van der Waals surface area contributed by atoms with E-state index in [4.69, 9.17) is 5.26 Å². The van der Waals surface area contributed by atoms with Crippen molar-refractivity contribution in [3.63, 3.8) is 0 Å². The molecule has 0 N–H and O–H groups in total. The lowest BCUT2D eigenvalue weighted by molar-refractivity contribution is -0.196. The van der Waals surface area contributed by atoms with E-state index >= 15 is 0 Å². The molecule has 1 atom stereocenters. The van der Waals surface area contributed by atoms with E-state index in [1.807, 2.05) is 36.4 Å². The maximum atomic E-state index is 13.0. The molecule has 0 saturated carbocycles. The van der Waals surface area contributed by atoms with Gasteiger partial charge in [-0.2, -0.15) is 26.9 Å². The molecular formula is C16H21F3N2O3S. The molecule has 0 bridgehead atoms. The number of alkyl halides is 3. The van der Waals surface area contributed by atoms with Crippen molar-refractivity contribution in [1.29, 1.82) is 5.26 Å². The van der Waals surface area contributed by atoms with E-state index in [1.54, 1.807) is 4.90 Å². The zero-order valence-corrected chi connectivity index (χ0v) is 14.7. The van der Waals surface area contributed by atoms with Gasteiger partial charge in [-0.05, 0) is 24.9 Å². The number of hydrogen-bond acceptors (Lipinski definition) is 5. The van der Waals surface area contributed by atoms with Crippen LogP contribution in [-0.4, -0.2) is 44.9 Å². The summed E-state index contributed by atoms with van der Waals surface area (Å²) in [6, 6.07) is 11.2. The minimum absolute atomic E-state index is 0.0000194. The van der Waals surface area contributed by atoms with E-state index in [0.717, 1.165) is 5.56 Å². The number of nitriles is 1. The Morgan fingerprint density at radius 3 is 2.40 bits per heavy atom. The summed E-state index contributed by atoms with van der Waals surface area (Å²) < 4.78 is 65.3. The minimum atomic E-state index is -4.77. The van der Waals surface area contributed by atoms with Crippen molar-refractivity contribution in [3.8, 4) is 6.07 Å². The molecule has 5 nitrogen and oxygen atoms in total. The van der Waals surface area contributed by atoms with Gasteiger partial charge in [-0.3, -0.25) is 9.08 Å². The van der Waals surface area contributed by atoms with Crippen molar-refractivity contribution < 1.29 is 25.8 Å². The number of benzene rings is 1. The van der Waals surface area contributed by atoms with Gasteiger partial charge in [0, 0.05) is 19.5 Å². The van der Waals surface area contributed by atoms with Crippen LogP contribution in [0.4, 0.5) is 13.2 Å². The topological polar surface area (TPSA) is 70.4 Å². The Hall–Kier alpha value is -1.63. The first-order valence-electron chi connectivity index (χ1n) is 7.70. The van der Waals surface area contributed by atoms with Crippen LogP contribution in [0.1, 0.15) is 24.8 Å². The Kier molecular flexibility index (Phi) is 8.35. The van der Waals surface area contributed by atoms with Crippen molar-refractivity contribution >= 4 is 10.1 Å². The van der Waals surface area contributed by atoms with Crippen LogP contribution in [0.2, 0.25) is 0 Å². The van der Waals surface area contributed by atoms with Crippen LogP contribution in [0.5, 0.6) is 0 Å². The molecule has 1 aromatic rings. The molecule has 1 rings (SSSR count). The largest absolute Gasteiger partial charge is 0.416 e. The number of hydrogen-bond donors (Lipinski definition) is 0. The summed E-state index contributed by atoms with van der Waals surface area (Å²) in [5.41, 5.74) is 0.923. The quantitative estimate of drug-likeness (QED) is 0.462. The monoisotopic (exact) mass is 378 g/mol. The molecule has 0 heterocycles. The zero-order chi connectivity index (χ0) is 18.9. The average Bonchev–Trinajstić information content (AvgIpc) is 2.50. The van der Waals surface area contributed by atoms with Crippen LogP contribution in [0.15, 0.2) is 30.3 Å². The predicted molar refractivity (Wildman–Crippen MR) is 87.0 cm³/mol. The third-order valence-corrected chi connectivity index (χ3v) is 3.96. The smallest absolute Gasteiger partial charge is 0.299 e. The SMILES string of the molecule is CS(=O)(=O)OC(CCN(CCCC#N)Cc1ccccc1)C(F)(F)F. The third kappa shape index (κ3) is 9.43. The molecule has 1 unspecified atom stereocenters. The van der Waals surface area contributed by atoms with Crippen molar-refractivity contribution in [3.05, 3.63) is 35.9 Å². The number of nitrogens with zero attached hydrogens (tertiary/aromatic N) is 2. The average molecular weight is 378 g/mol. The van der Waals surface area contributed by atoms with Gasteiger partial charge in [0.25, 0.3) is 10.1 Å². The highest BCUT2D eigenvalue weighted by Crippen LogP contribution is 2.27. The Morgan fingerprint density at radius 1 is 1.24 bits per heavy atom. The molecule has 0 amide bonds. The molecule has 0 fully saturated rings. The van der Waals surface area contributed by atoms with E-state index < -0.39 is 28.8 Å². The molecule has 9 heteroatoms. The summed E-state index contributed by atoms with van der Waals surface area (Å²) in [5.74, 6) is 0. The number of unbranched alkanes of at least 4 members (excludes halogenated alkanes) is 1. The molecule has 140 valence electrons. The lowest BCUT2D eigenvalue weighted by Gasteiger charge is -2.25. The second-order valence-corrected chi connectivity index (χ2v) is 7.24. The molecular weight excluding hydrogens is 357 g/mol. The molecule has 0 aliphatic carbocycles. The van der Waals surface area contributed by atoms with E-state index in [9.17, 15) is 21.6 Å². The summed E-state index contributed by atoms with van der Waals surface area (Å²) in [6.45, 7) is 0.849. The van der Waals surface area contributed by atoms with E-state index in [2.05, 4.69) is 4.18 Å². The van der Waals surface area contributed by atoms with Crippen molar-refractivity contribution in [1.82, 2.24) is 4.90 Å². The van der Waals surface area contributed by atoms with Crippen LogP contribution in [0, 0.1) is 11.3 Å². The first-order valence-corrected chi connectivity index (χ1v) is 9.51. The fourth-order valence-corrected chi connectivity index (χ4v) is 2.90. The zero-order valence-electron chi connectivity index (χ0n) is 13.9. The first kappa shape index (κ1) is 21.4. The van der Waals surface area contributed by atoms with Crippen molar-refractivity contribution in [2.24, 2.45) is 0 Å². The summed E-state index contributed by atoms with van der Waals surface area (Å²) in [5, 5.41) is 8.62. The van der Waals surface area contributed by atoms with Gasteiger partial charge in [-0.1, -0.05) is 30.3 Å². The summed E-state index contributed by atoms with van der Waals surface area (Å²) in [7, 11) is -4.22. The van der Waals surface area contributed by atoms with Crippen LogP contribution < -0.4 is 0 Å². The molecule has 0 aliphatic heterocycles. The molecule has 0 saturated heterocycles. The fraction of sp³-hybridized carbons (Fsp3) is 0.562. The van der Waals surface area contributed by atoms with Gasteiger partial charge in [0.1, 0.15) is 0 Å². The van der Waals surface area contributed by atoms with Crippen molar-refractivity contribution in [2.75, 3.05) is 19.3 Å². The normalized spacial score (nSPS) is 13.6. The molecule has 1 aromatic carbocycles. The summed E-state index contributed by atoms with van der Waals surface area (Å²) in [6.07, 6.45) is -6.23. The Bertz CT molecular complexity index is 657. The highest BCUT2D eigenvalue weighted by Gasteiger charge is 2.42. The standard InChI is InChI=1S/C16H21F3N2O3S/c1-25(22,23)24-15(16(17,18)19)9-12-21(11-6-5-10-20)13-14-7-3-2-4-8-14/h2-4,7-8,15H,5-6,9,11-13H2,1H3. The summed E-state index contributed by atoms with van der Waals surface area (Å²) >= 11 is 0. The molecule has 0 radical (unpaired) electrons. The second kappa shape index (κ2) is 9.75. The predicted octanol–water partition coefficient (Wildman–Crippen LogP) is 3.09. The third-order valence-electron chi connectivity index (χ3n) is 3.38. The van der Waals surface area contributed by atoms with Crippen LogP contribution in [0.25, 0.3) is 0 Å². The van der Waals surface area contributed by atoms with Gasteiger partial charge in [-0.25, -0.2) is 0 Å². The van der Waals surface area contributed by atoms with E-state index in [-0.39, 0.29) is 6.54 Å². The van der Waals surface area contributed by atoms with Gasteiger partial charge in [-0.15, -0.1) is 0 Å². The first-order chi connectivity index (χ1) is 11.6. The maximum absolute atomic E-state index is 13.0. The molecule has 0 aromatic heterocycles. The van der Waals surface area contributed by atoms with Crippen LogP contribution in [-0.2, 0) is 20.8 Å². The van der Waals surface area contributed by atoms with Crippen LogP contribution >= 0.6 is 0 Å².